The van der Waals surface area contributed by atoms with Crippen molar-refractivity contribution < 1.29 is 0 Å². The highest BCUT2D eigenvalue weighted by Crippen LogP contribution is 2.28. The summed E-state index contributed by atoms with van der Waals surface area (Å²) in [5, 5.41) is 0. The summed E-state index contributed by atoms with van der Waals surface area (Å²) in [6.45, 7) is 6.74. The molecule has 0 aliphatic heterocycles. The lowest BCUT2D eigenvalue weighted by molar-refractivity contribution is 1.07. The maximum absolute atomic E-state index is 5.35. The molecular formula is C29H31N3. The van der Waals surface area contributed by atoms with E-state index in [2.05, 4.69) is 66.1 Å². The van der Waals surface area contributed by atoms with Gasteiger partial charge in [0.25, 0.3) is 0 Å². The molecule has 4 aromatic carbocycles. The van der Waals surface area contributed by atoms with Crippen LogP contribution in [0.25, 0.3) is 28.1 Å². The predicted octanol–water partition coefficient (Wildman–Crippen LogP) is 7.17. The highest BCUT2D eigenvalue weighted by atomic mass is 15.1. The van der Waals surface area contributed by atoms with Gasteiger partial charge in [0.2, 0.25) is 0 Å². The average Bonchev–Trinajstić information content (AvgIpc) is 3.27. The van der Waals surface area contributed by atoms with E-state index in [1.165, 1.54) is 11.1 Å². The number of benzene rings is 4. The topological polar surface area (TPSA) is 43.8 Å². The molecule has 3 nitrogen and oxygen atoms in total. The predicted molar refractivity (Wildman–Crippen MR) is 137 cm³/mol. The third-order valence-electron chi connectivity index (χ3n) is 4.96. The Morgan fingerprint density at radius 2 is 1.25 bits per heavy atom. The van der Waals surface area contributed by atoms with Crippen LogP contribution in [0.15, 0.2) is 109 Å². The van der Waals surface area contributed by atoms with E-state index in [9.17, 15) is 0 Å². The molecule has 1 aromatic heterocycles. The normalized spacial score (nSPS) is 10.0. The Bertz CT molecular complexity index is 1210. The van der Waals surface area contributed by atoms with Crippen LogP contribution in [0.1, 0.15) is 25.0 Å². The van der Waals surface area contributed by atoms with E-state index in [0.29, 0.717) is 6.54 Å². The van der Waals surface area contributed by atoms with Crippen molar-refractivity contribution in [2.24, 2.45) is 5.73 Å². The molecule has 0 saturated carbocycles. The van der Waals surface area contributed by atoms with Gasteiger partial charge >= 0.3 is 0 Å². The van der Waals surface area contributed by atoms with Crippen LogP contribution in [0.3, 0.4) is 0 Å². The summed E-state index contributed by atoms with van der Waals surface area (Å²) in [6, 6.07) is 37.2. The number of aryl methyl sites for hydroxylation is 1. The Morgan fingerprint density at radius 1 is 0.688 bits per heavy atom. The quantitative estimate of drug-likeness (QED) is 0.335. The number of hydrogen-bond acceptors (Lipinski definition) is 2. The molecule has 5 rings (SSSR count). The number of fused-ring (bicyclic) bond motifs is 1. The summed E-state index contributed by atoms with van der Waals surface area (Å²) in [5.74, 6) is 0.977. The lowest BCUT2D eigenvalue weighted by atomic mass is 10.2. The monoisotopic (exact) mass is 421 g/mol. The van der Waals surface area contributed by atoms with E-state index in [-0.39, 0.29) is 0 Å². The summed E-state index contributed by atoms with van der Waals surface area (Å²) in [6.07, 6.45) is 0. The zero-order valence-corrected chi connectivity index (χ0v) is 19.1. The summed E-state index contributed by atoms with van der Waals surface area (Å²) in [4.78, 5) is 4.84. The maximum Gasteiger partial charge on any atom is 0.145 e. The molecule has 32 heavy (non-hydrogen) atoms. The van der Waals surface area contributed by atoms with Crippen LogP contribution >= 0.6 is 0 Å². The molecule has 5 aromatic rings. The van der Waals surface area contributed by atoms with Crippen LogP contribution < -0.4 is 5.73 Å². The molecule has 0 amide bonds. The number of para-hydroxylation sites is 2. The fourth-order valence-corrected chi connectivity index (χ4v) is 3.38. The van der Waals surface area contributed by atoms with E-state index in [4.69, 9.17) is 10.7 Å². The smallest absolute Gasteiger partial charge is 0.145 e. The first-order chi connectivity index (χ1) is 15.8. The minimum absolute atomic E-state index is 0.640. The second kappa shape index (κ2) is 11.6. The number of nitrogens with two attached hydrogens (primary N) is 1. The van der Waals surface area contributed by atoms with Crippen LogP contribution in [0.4, 0.5) is 0 Å². The number of aromatic nitrogens is 2. The third-order valence-corrected chi connectivity index (χ3v) is 4.96. The molecular weight excluding hydrogens is 390 g/mol. The van der Waals surface area contributed by atoms with E-state index < -0.39 is 0 Å². The van der Waals surface area contributed by atoms with E-state index in [1.807, 2.05) is 68.4 Å². The second-order valence-corrected chi connectivity index (χ2v) is 7.15. The van der Waals surface area contributed by atoms with Crippen molar-refractivity contribution in [1.82, 2.24) is 9.55 Å². The minimum atomic E-state index is 0.640. The van der Waals surface area contributed by atoms with Gasteiger partial charge in [0.05, 0.1) is 11.0 Å². The first-order valence-electron chi connectivity index (χ1n) is 11.1. The van der Waals surface area contributed by atoms with Crippen molar-refractivity contribution in [1.29, 1.82) is 0 Å². The minimum Gasteiger partial charge on any atom is -0.326 e. The molecule has 0 radical (unpaired) electrons. The number of nitrogens with zero attached hydrogens (tertiary/aromatic N) is 2. The van der Waals surface area contributed by atoms with Gasteiger partial charge in [-0.3, -0.25) is 4.57 Å². The average molecular weight is 422 g/mol. The van der Waals surface area contributed by atoms with Crippen molar-refractivity contribution in [2.75, 3.05) is 0 Å². The van der Waals surface area contributed by atoms with E-state index in [0.717, 1.165) is 28.1 Å². The summed E-state index contributed by atoms with van der Waals surface area (Å²) in [5.41, 5.74) is 12.2. The Kier molecular flexibility index (Phi) is 8.36. The molecule has 0 bridgehead atoms. The molecule has 0 aliphatic rings. The Labute approximate surface area is 191 Å². The molecule has 1 heterocycles. The van der Waals surface area contributed by atoms with Crippen LogP contribution in [0.5, 0.6) is 0 Å². The van der Waals surface area contributed by atoms with Crippen LogP contribution in [0.2, 0.25) is 0 Å². The second-order valence-electron chi connectivity index (χ2n) is 7.15. The zero-order valence-electron chi connectivity index (χ0n) is 19.1. The molecule has 3 heteroatoms. The zero-order chi connectivity index (χ0) is 22.8. The molecule has 0 saturated heterocycles. The van der Waals surface area contributed by atoms with Gasteiger partial charge in [-0.25, -0.2) is 4.98 Å². The van der Waals surface area contributed by atoms with Crippen LogP contribution in [-0.4, -0.2) is 9.55 Å². The third kappa shape index (κ3) is 5.51. The summed E-state index contributed by atoms with van der Waals surface area (Å²) >= 11 is 0. The van der Waals surface area contributed by atoms with Gasteiger partial charge < -0.3 is 5.73 Å². The lowest BCUT2D eigenvalue weighted by Gasteiger charge is -2.10. The summed E-state index contributed by atoms with van der Waals surface area (Å²) in [7, 11) is 0. The van der Waals surface area contributed by atoms with Gasteiger partial charge in [-0.2, -0.15) is 0 Å². The largest absolute Gasteiger partial charge is 0.326 e. The van der Waals surface area contributed by atoms with E-state index >= 15 is 0 Å². The highest BCUT2D eigenvalue weighted by Gasteiger charge is 2.13. The highest BCUT2D eigenvalue weighted by molar-refractivity contribution is 5.83. The molecule has 0 atom stereocenters. The fraction of sp³-hybridized carbons (Fsp3) is 0.138. The van der Waals surface area contributed by atoms with Crippen molar-refractivity contribution in [3.8, 4) is 17.1 Å². The molecule has 2 N–H and O–H groups in total. The van der Waals surface area contributed by atoms with E-state index in [1.54, 1.807) is 0 Å². The molecule has 0 aliphatic carbocycles. The van der Waals surface area contributed by atoms with Crippen molar-refractivity contribution in [3.63, 3.8) is 0 Å². The molecule has 0 fully saturated rings. The van der Waals surface area contributed by atoms with Crippen molar-refractivity contribution in [2.45, 2.75) is 27.3 Å². The van der Waals surface area contributed by atoms with Gasteiger partial charge in [0.1, 0.15) is 5.82 Å². The summed E-state index contributed by atoms with van der Waals surface area (Å²) < 4.78 is 2.23. The van der Waals surface area contributed by atoms with Crippen LogP contribution in [0, 0.1) is 6.92 Å². The van der Waals surface area contributed by atoms with Gasteiger partial charge in [-0.05, 0) is 36.8 Å². The number of hydrogen-bond donors (Lipinski definition) is 1. The van der Waals surface area contributed by atoms with Gasteiger partial charge in [-0.1, -0.05) is 104 Å². The lowest BCUT2D eigenvalue weighted by Crippen LogP contribution is -1.97. The SMILES string of the molecule is CC.Cc1ccc(-n2c(-c3ccccc3)nc3ccccc32)cc1.NCc1ccccc1. The molecule has 0 spiro atoms. The van der Waals surface area contributed by atoms with Crippen LogP contribution in [-0.2, 0) is 6.54 Å². The molecule has 0 unspecified atom stereocenters. The first-order valence-corrected chi connectivity index (χ1v) is 11.1. The molecule has 162 valence electrons. The standard InChI is InChI=1S/C20H16N2.C7H9N.C2H6/c1-15-11-13-17(14-12-15)22-19-10-6-5-9-18(19)21-20(22)16-7-3-2-4-8-16;8-6-7-4-2-1-3-5-7;1-2/h2-14H,1H3;1-5H,6,8H2;1-2H3. The Balaban J connectivity index is 0.000000244. The fourth-order valence-electron chi connectivity index (χ4n) is 3.38. The Morgan fingerprint density at radius 3 is 1.84 bits per heavy atom. The Hall–Kier alpha value is -3.69. The van der Waals surface area contributed by atoms with Gasteiger partial charge in [0.15, 0.2) is 0 Å². The van der Waals surface area contributed by atoms with Gasteiger partial charge in [-0.15, -0.1) is 0 Å². The number of rotatable bonds is 3. The van der Waals surface area contributed by atoms with Crippen molar-refractivity contribution >= 4 is 11.0 Å². The maximum atomic E-state index is 5.35. The van der Waals surface area contributed by atoms with Gasteiger partial charge in [0, 0.05) is 17.8 Å². The number of imidazole rings is 1. The van der Waals surface area contributed by atoms with Crippen molar-refractivity contribution in [3.05, 3.63) is 120 Å². The first kappa shape index (κ1) is 23.0.